The van der Waals surface area contributed by atoms with Crippen molar-refractivity contribution in [1.29, 1.82) is 0 Å². The van der Waals surface area contributed by atoms with Crippen LogP contribution in [-0.4, -0.2) is 18.9 Å². The van der Waals surface area contributed by atoms with Crippen molar-refractivity contribution < 1.29 is 0 Å². The van der Waals surface area contributed by atoms with Gasteiger partial charge in [-0.1, -0.05) is 59.8 Å². The van der Waals surface area contributed by atoms with Crippen LogP contribution in [-0.2, 0) is 5.75 Å². The summed E-state index contributed by atoms with van der Waals surface area (Å²) in [5.41, 5.74) is 5.12. The van der Waals surface area contributed by atoms with Gasteiger partial charge < -0.3 is 0 Å². The van der Waals surface area contributed by atoms with Gasteiger partial charge in [0.15, 0.2) is 10.1 Å². The van der Waals surface area contributed by atoms with Gasteiger partial charge in [0.2, 0.25) is 0 Å². The van der Waals surface area contributed by atoms with Crippen LogP contribution in [0.25, 0.3) is 21.9 Å². The standard InChI is InChI=1S/C23H18N4OS2/c1-16-7-9-17(10-8-16)20-14-24-22(27(20)19-5-3-2-4-6-19)30-15-18-13-21(28)26-11-12-29-23(26)25-18/h2-14H,15H2,1H3. The third-order valence-corrected chi connectivity index (χ3v) is 6.54. The van der Waals surface area contributed by atoms with Crippen molar-refractivity contribution in [2.24, 2.45) is 0 Å². The van der Waals surface area contributed by atoms with Gasteiger partial charge in [-0.05, 0) is 19.1 Å². The molecule has 0 fully saturated rings. The molecule has 0 atom stereocenters. The highest BCUT2D eigenvalue weighted by Gasteiger charge is 2.15. The minimum absolute atomic E-state index is 0.0522. The van der Waals surface area contributed by atoms with E-state index in [1.807, 2.05) is 29.8 Å². The maximum atomic E-state index is 12.3. The number of benzene rings is 2. The molecule has 3 heterocycles. The van der Waals surface area contributed by atoms with Crippen LogP contribution in [0.4, 0.5) is 0 Å². The van der Waals surface area contributed by atoms with Gasteiger partial charge in [0.05, 0.1) is 17.6 Å². The lowest BCUT2D eigenvalue weighted by molar-refractivity contribution is 0.899. The van der Waals surface area contributed by atoms with E-state index in [0.717, 1.165) is 27.8 Å². The molecule has 0 spiro atoms. The maximum absolute atomic E-state index is 12.3. The molecule has 5 aromatic rings. The highest BCUT2D eigenvalue weighted by Crippen LogP contribution is 2.31. The summed E-state index contributed by atoms with van der Waals surface area (Å²) in [6, 6.07) is 20.3. The maximum Gasteiger partial charge on any atom is 0.258 e. The molecule has 148 valence electrons. The molecule has 0 saturated heterocycles. The van der Waals surface area contributed by atoms with E-state index in [2.05, 4.69) is 52.9 Å². The molecule has 0 bridgehead atoms. The molecular weight excluding hydrogens is 412 g/mol. The molecule has 30 heavy (non-hydrogen) atoms. The predicted octanol–water partition coefficient (Wildman–Crippen LogP) is 5.21. The first-order valence-corrected chi connectivity index (χ1v) is 11.3. The number of aryl methyl sites for hydroxylation is 1. The average molecular weight is 431 g/mol. The third kappa shape index (κ3) is 3.58. The van der Waals surface area contributed by atoms with Gasteiger partial charge in [-0.25, -0.2) is 9.97 Å². The number of fused-ring (bicyclic) bond motifs is 1. The Balaban J connectivity index is 1.52. The van der Waals surface area contributed by atoms with E-state index in [1.54, 1.807) is 28.4 Å². The highest BCUT2D eigenvalue weighted by atomic mass is 32.2. The fourth-order valence-corrected chi connectivity index (χ4v) is 4.92. The van der Waals surface area contributed by atoms with E-state index < -0.39 is 0 Å². The quantitative estimate of drug-likeness (QED) is 0.359. The number of thiazole rings is 1. The summed E-state index contributed by atoms with van der Waals surface area (Å²) in [4.78, 5) is 22.3. The van der Waals surface area contributed by atoms with Crippen LogP contribution < -0.4 is 5.56 Å². The van der Waals surface area contributed by atoms with E-state index in [4.69, 9.17) is 4.98 Å². The van der Waals surface area contributed by atoms with Gasteiger partial charge in [-0.3, -0.25) is 13.8 Å². The molecule has 7 heteroatoms. The number of hydrogen-bond acceptors (Lipinski definition) is 5. The largest absolute Gasteiger partial charge is 0.287 e. The third-order valence-electron chi connectivity index (χ3n) is 4.80. The zero-order valence-corrected chi connectivity index (χ0v) is 17.9. The molecule has 0 saturated carbocycles. The second kappa shape index (κ2) is 7.93. The number of aromatic nitrogens is 4. The van der Waals surface area contributed by atoms with Gasteiger partial charge in [0, 0.05) is 34.6 Å². The summed E-state index contributed by atoms with van der Waals surface area (Å²) < 4.78 is 3.73. The Morgan fingerprint density at radius 2 is 1.87 bits per heavy atom. The highest BCUT2D eigenvalue weighted by molar-refractivity contribution is 7.98. The van der Waals surface area contributed by atoms with Gasteiger partial charge >= 0.3 is 0 Å². The number of para-hydroxylation sites is 1. The molecule has 0 amide bonds. The fraction of sp³-hybridized carbons (Fsp3) is 0.0870. The molecule has 3 aromatic heterocycles. The van der Waals surface area contributed by atoms with Crippen molar-refractivity contribution in [3.8, 4) is 16.9 Å². The first kappa shape index (κ1) is 18.8. The molecular formula is C23H18N4OS2. The topological polar surface area (TPSA) is 52.2 Å². The lowest BCUT2D eigenvalue weighted by atomic mass is 10.1. The van der Waals surface area contributed by atoms with Crippen LogP contribution >= 0.6 is 23.1 Å². The average Bonchev–Trinajstić information content (AvgIpc) is 3.41. The van der Waals surface area contributed by atoms with Crippen LogP contribution in [0.3, 0.4) is 0 Å². The second-order valence-electron chi connectivity index (χ2n) is 6.89. The van der Waals surface area contributed by atoms with Gasteiger partial charge in [-0.2, -0.15) is 0 Å². The van der Waals surface area contributed by atoms with Crippen molar-refractivity contribution in [3.63, 3.8) is 0 Å². The normalized spacial score (nSPS) is 11.2. The summed E-state index contributed by atoms with van der Waals surface area (Å²) in [6.07, 6.45) is 3.66. The van der Waals surface area contributed by atoms with Crippen molar-refractivity contribution in [1.82, 2.24) is 18.9 Å². The molecule has 0 N–H and O–H groups in total. The Labute approximate surface area is 181 Å². The van der Waals surface area contributed by atoms with E-state index in [0.29, 0.717) is 10.7 Å². The van der Waals surface area contributed by atoms with E-state index >= 15 is 0 Å². The zero-order valence-electron chi connectivity index (χ0n) is 16.2. The molecule has 0 aliphatic rings. The van der Waals surface area contributed by atoms with Gasteiger partial charge in [-0.15, -0.1) is 11.3 Å². The number of rotatable bonds is 5. The van der Waals surface area contributed by atoms with Crippen LogP contribution in [0.5, 0.6) is 0 Å². The van der Waals surface area contributed by atoms with Gasteiger partial charge in [0.25, 0.3) is 5.56 Å². The van der Waals surface area contributed by atoms with Crippen molar-refractivity contribution in [3.05, 3.63) is 100 Å². The first-order chi connectivity index (χ1) is 14.7. The number of thioether (sulfide) groups is 1. The Kier molecular flexibility index (Phi) is 4.98. The van der Waals surface area contributed by atoms with E-state index in [1.165, 1.54) is 16.9 Å². The van der Waals surface area contributed by atoms with Crippen LogP contribution in [0.15, 0.2) is 88.4 Å². The van der Waals surface area contributed by atoms with Crippen molar-refractivity contribution in [2.45, 2.75) is 17.8 Å². The summed E-state index contributed by atoms with van der Waals surface area (Å²) >= 11 is 3.04. The molecule has 0 unspecified atom stereocenters. The molecule has 2 aromatic carbocycles. The van der Waals surface area contributed by atoms with Crippen LogP contribution in [0.2, 0.25) is 0 Å². The van der Waals surface area contributed by atoms with Crippen molar-refractivity contribution >= 4 is 28.1 Å². The SMILES string of the molecule is Cc1ccc(-c2cnc(SCc3cc(=O)n4ccsc4n3)n2-c2ccccc2)cc1. The molecule has 0 aliphatic heterocycles. The lowest BCUT2D eigenvalue weighted by Gasteiger charge is -2.12. The van der Waals surface area contributed by atoms with Gasteiger partial charge in [0.1, 0.15) is 0 Å². The number of imidazole rings is 1. The molecule has 0 radical (unpaired) electrons. The van der Waals surface area contributed by atoms with E-state index in [-0.39, 0.29) is 5.56 Å². The summed E-state index contributed by atoms with van der Waals surface area (Å²) in [5.74, 6) is 0.570. The first-order valence-electron chi connectivity index (χ1n) is 9.48. The fourth-order valence-electron chi connectivity index (χ4n) is 3.29. The summed E-state index contributed by atoms with van der Waals surface area (Å²) in [6.45, 7) is 2.08. The van der Waals surface area contributed by atoms with Crippen molar-refractivity contribution in [2.75, 3.05) is 0 Å². The minimum Gasteiger partial charge on any atom is -0.287 e. The minimum atomic E-state index is -0.0522. The van der Waals surface area contributed by atoms with Crippen LogP contribution in [0, 0.1) is 6.92 Å². The number of hydrogen-bond donors (Lipinski definition) is 0. The predicted molar refractivity (Wildman–Crippen MR) is 123 cm³/mol. The smallest absolute Gasteiger partial charge is 0.258 e. The summed E-state index contributed by atoms with van der Waals surface area (Å²) in [7, 11) is 0. The Bertz CT molecular complexity index is 1370. The number of nitrogens with zero attached hydrogens (tertiary/aromatic N) is 4. The monoisotopic (exact) mass is 430 g/mol. The lowest BCUT2D eigenvalue weighted by Crippen LogP contribution is -2.12. The Hall–Kier alpha value is -3.16. The molecule has 5 rings (SSSR count). The zero-order chi connectivity index (χ0) is 20.5. The Morgan fingerprint density at radius 3 is 2.67 bits per heavy atom. The summed E-state index contributed by atoms with van der Waals surface area (Å²) in [5, 5.41) is 2.74. The van der Waals surface area contributed by atoms with Crippen LogP contribution in [0.1, 0.15) is 11.3 Å². The van der Waals surface area contributed by atoms with E-state index in [9.17, 15) is 4.79 Å². The Morgan fingerprint density at radius 1 is 1.07 bits per heavy atom. The molecule has 5 nitrogen and oxygen atoms in total. The molecule has 0 aliphatic carbocycles. The second-order valence-corrected chi connectivity index (χ2v) is 8.71.